The normalized spacial score (nSPS) is 16.6. The number of piperazine rings is 1. The predicted octanol–water partition coefficient (Wildman–Crippen LogP) is 1.75. The number of rotatable bonds is 3. The molecule has 0 aliphatic carbocycles. The average Bonchev–Trinajstić information content (AvgIpc) is 3.12. The minimum Gasteiger partial charge on any atom is -0.344 e. The van der Waals surface area contributed by atoms with E-state index >= 15 is 0 Å². The molecule has 0 spiro atoms. The van der Waals surface area contributed by atoms with E-state index in [1.165, 1.54) is 33.8 Å². The maximum Gasteiger partial charge on any atom is 0.246 e. The molecule has 0 atom stereocenters. The molecule has 3 heterocycles. The van der Waals surface area contributed by atoms with Crippen molar-refractivity contribution >= 4 is 31.5 Å². The molecule has 0 amide bonds. The number of benzene rings is 1. The summed E-state index contributed by atoms with van der Waals surface area (Å²) in [6.45, 7) is 3.50. The summed E-state index contributed by atoms with van der Waals surface area (Å²) in [5.41, 5.74) is 0.908. The summed E-state index contributed by atoms with van der Waals surface area (Å²) in [6, 6.07) is 5.47. The highest BCUT2D eigenvalue weighted by Crippen LogP contribution is 2.26. The molecule has 4 rings (SSSR count). The van der Waals surface area contributed by atoms with Gasteiger partial charge in [-0.15, -0.1) is 5.10 Å². The van der Waals surface area contributed by atoms with Crippen molar-refractivity contribution in [3.8, 4) is 0 Å². The first-order valence-electron chi connectivity index (χ1n) is 7.77. The molecule has 1 saturated heterocycles. The minimum atomic E-state index is -3.82. The van der Waals surface area contributed by atoms with Gasteiger partial charge < -0.3 is 4.90 Å². The molecule has 10 heteroatoms. The highest BCUT2D eigenvalue weighted by atomic mass is 32.2. The molecule has 0 N–H and O–H groups in total. The molecule has 0 saturated carbocycles. The lowest BCUT2D eigenvalue weighted by Gasteiger charge is -2.33. The zero-order valence-electron chi connectivity index (χ0n) is 13.5. The maximum absolute atomic E-state index is 13.9. The van der Waals surface area contributed by atoms with Crippen LogP contribution in [0.1, 0.15) is 5.69 Å². The summed E-state index contributed by atoms with van der Waals surface area (Å²) in [4.78, 5) is 6.95. The van der Waals surface area contributed by atoms with Crippen LogP contribution in [0.2, 0.25) is 0 Å². The predicted molar refractivity (Wildman–Crippen MR) is 93.0 cm³/mol. The van der Waals surface area contributed by atoms with Gasteiger partial charge in [-0.1, -0.05) is 23.5 Å². The number of halogens is 1. The fraction of sp³-hybridized carbons (Fsp3) is 0.333. The lowest BCUT2D eigenvalue weighted by atomic mass is 10.3. The van der Waals surface area contributed by atoms with Gasteiger partial charge in [0.1, 0.15) is 10.7 Å². The van der Waals surface area contributed by atoms with E-state index in [0.717, 1.165) is 21.9 Å². The smallest absolute Gasteiger partial charge is 0.246 e. The van der Waals surface area contributed by atoms with E-state index in [9.17, 15) is 12.8 Å². The van der Waals surface area contributed by atoms with Crippen LogP contribution in [0.4, 0.5) is 9.52 Å². The lowest BCUT2D eigenvalue weighted by molar-refractivity contribution is 0.382. The third kappa shape index (κ3) is 2.90. The van der Waals surface area contributed by atoms with E-state index < -0.39 is 15.8 Å². The first-order valence-corrected chi connectivity index (χ1v) is 10.0. The molecule has 0 bridgehead atoms. The van der Waals surface area contributed by atoms with Crippen molar-refractivity contribution in [1.29, 1.82) is 0 Å². The second kappa shape index (κ2) is 6.04. The third-order valence-electron chi connectivity index (χ3n) is 4.12. The number of sulfonamides is 1. The molecule has 1 aliphatic heterocycles. The van der Waals surface area contributed by atoms with Gasteiger partial charge in [0.2, 0.25) is 20.1 Å². The van der Waals surface area contributed by atoms with Crippen LogP contribution in [-0.4, -0.2) is 53.5 Å². The van der Waals surface area contributed by atoms with Gasteiger partial charge >= 0.3 is 0 Å². The van der Waals surface area contributed by atoms with Crippen molar-refractivity contribution in [2.75, 3.05) is 31.1 Å². The van der Waals surface area contributed by atoms with Crippen LogP contribution < -0.4 is 4.90 Å². The first-order chi connectivity index (χ1) is 11.9. The van der Waals surface area contributed by atoms with E-state index in [-0.39, 0.29) is 18.0 Å². The largest absolute Gasteiger partial charge is 0.344 e. The Morgan fingerprint density at radius 1 is 1.16 bits per heavy atom. The lowest BCUT2D eigenvalue weighted by Crippen LogP contribution is -2.48. The molecule has 0 radical (unpaired) electrons. The first kappa shape index (κ1) is 16.4. The van der Waals surface area contributed by atoms with Crippen LogP contribution in [0.5, 0.6) is 0 Å². The zero-order chi connectivity index (χ0) is 17.6. The van der Waals surface area contributed by atoms with Crippen molar-refractivity contribution in [1.82, 2.24) is 18.9 Å². The molecule has 25 heavy (non-hydrogen) atoms. The van der Waals surface area contributed by atoms with Crippen molar-refractivity contribution in [3.63, 3.8) is 0 Å². The summed E-state index contributed by atoms with van der Waals surface area (Å²) < 4.78 is 42.2. The number of aryl methyl sites for hydroxylation is 1. The minimum absolute atomic E-state index is 0.272. The topological polar surface area (TPSA) is 70.8 Å². The van der Waals surface area contributed by atoms with Gasteiger partial charge in [-0.05, 0) is 19.1 Å². The molecule has 2 aromatic heterocycles. The second-order valence-electron chi connectivity index (χ2n) is 5.82. The number of hydrogen-bond donors (Lipinski definition) is 0. The van der Waals surface area contributed by atoms with Crippen LogP contribution in [-0.2, 0) is 10.0 Å². The Balaban J connectivity index is 1.51. The third-order valence-corrected chi connectivity index (χ3v) is 7.03. The molecule has 1 aliphatic rings. The molecule has 7 nitrogen and oxygen atoms in total. The van der Waals surface area contributed by atoms with Crippen LogP contribution in [0.25, 0.3) is 4.96 Å². The van der Waals surface area contributed by atoms with Crippen LogP contribution in [0, 0.1) is 12.7 Å². The Bertz CT molecular complexity index is 990. The molecular formula is C15H16FN5O2S2. The Labute approximate surface area is 148 Å². The monoisotopic (exact) mass is 381 g/mol. The molecule has 3 aromatic rings. The standard InChI is InChI=1S/C15H16FN5O2S2/c1-11-10-21-14(17-11)24-15(18-21)19-6-8-20(9-7-19)25(22,23)13-5-3-2-4-12(13)16/h2-5,10H,6-9H2,1H3. The highest BCUT2D eigenvalue weighted by molar-refractivity contribution is 7.89. The zero-order valence-corrected chi connectivity index (χ0v) is 15.1. The number of aromatic nitrogens is 3. The highest BCUT2D eigenvalue weighted by Gasteiger charge is 2.31. The van der Waals surface area contributed by atoms with Gasteiger partial charge in [-0.25, -0.2) is 22.3 Å². The van der Waals surface area contributed by atoms with Crippen molar-refractivity contribution in [3.05, 3.63) is 42.0 Å². The quantitative estimate of drug-likeness (QED) is 0.691. The Kier molecular flexibility index (Phi) is 3.97. The number of fused-ring (bicyclic) bond motifs is 1. The van der Waals surface area contributed by atoms with Crippen molar-refractivity contribution in [2.45, 2.75) is 11.8 Å². The number of anilines is 1. The molecule has 0 unspecified atom stereocenters. The molecule has 1 fully saturated rings. The van der Waals surface area contributed by atoms with Gasteiger partial charge in [-0.2, -0.15) is 4.31 Å². The summed E-state index contributed by atoms with van der Waals surface area (Å²) >= 11 is 1.47. The second-order valence-corrected chi connectivity index (χ2v) is 8.66. The Morgan fingerprint density at radius 2 is 1.88 bits per heavy atom. The van der Waals surface area contributed by atoms with Gasteiger partial charge in [-0.3, -0.25) is 0 Å². The fourth-order valence-electron chi connectivity index (χ4n) is 2.84. The number of hydrogen-bond acceptors (Lipinski definition) is 6. The van der Waals surface area contributed by atoms with Crippen molar-refractivity contribution < 1.29 is 12.8 Å². The maximum atomic E-state index is 13.9. The van der Waals surface area contributed by atoms with Crippen LogP contribution >= 0.6 is 11.3 Å². The van der Waals surface area contributed by atoms with Gasteiger partial charge in [0, 0.05) is 26.2 Å². The van der Waals surface area contributed by atoms with E-state index in [1.807, 2.05) is 18.0 Å². The van der Waals surface area contributed by atoms with E-state index in [4.69, 9.17) is 0 Å². The van der Waals surface area contributed by atoms with Gasteiger partial charge in [0.05, 0.1) is 11.9 Å². The van der Waals surface area contributed by atoms with Crippen LogP contribution in [0.3, 0.4) is 0 Å². The van der Waals surface area contributed by atoms with Crippen LogP contribution in [0.15, 0.2) is 35.4 Å². The Hall–Kier alpha value is -2.04. The summed E-state index contributed by atoms with van der Waals surface area (Å²) in [5.74, 6) is -0.721. The summed E-state index contributed by atoms with van der Waals surface area (Å²) in [6.07, 6.45) is 1.86. The summed E-state index contributed by atoms with van der Waals surface area (Å²) in [7, 11) is -3.82. The number of nitrogens with zero attached hydrogens (tertiary/aromatic N) is 5. The molecule has 1 aromatic carbocycles. The van der Waals surface area contributed by atoms with Gasteiger partial charge in [0.25, 0.3) is 0 Å². The molecular weight excluding hydrogens is 365 g/mol. The average molecular weight is 381 g/mol. The SMILES string of the molecule is Cc1cn2nc(N3CCN(S(=O)(=O)c4ccccc4F)CC3)sc2n1. The van der Waals surface area contributed by atoms with E-state index in [2.05, 4.69) is 10.1 Å². The Morgan fingerprint density at radius 3 is 2.56 bits per heavy atom. The number of imidazole rings is 1. The fourth-order valence-corrected chi connectivity index (χ4v) is 5.31. The molecule has 132 valence electrons. The summed E-state index contributed by atoms with van der Waals surface area (Å²) in [5, 5.41) is 5.30. The van der Waals surface area contributed by atoms with E-state index in [1.54, 1.807) is 4.52 Å². The van der Waals surface area contributed by atoms with E-state index in [0.29, 0.717) is 13.1 Å². The van der Waals surface area contributed by atoms with Gasteiger partial charge in [0.15, 0.2) is 0 Å². The van der Waals surface area contributed by atoms with Crippen molar-refractivity contribution in [2.24, 2.45) is 0 Å².